The number of carbonyl (C=O) groups is 1. The van der Waals surface area contributed by atoms with Crippen LogP contribution in [0.3, 0.4) is 0 Å². The van der Waals surface area contributed by atoms with Crippen LogP contribution in [0.15, 0.2) is 47.6 Å². The molecule has 6 heteroatoms. The fourth-order valence-corrected chi connectivity index (χ4v) is 2.01. The van der Waals surface area contributed by atoms with E-state index in [0.29, 0.717) is 17.2 Å². The van der Waals surface area contributed by atoms with E-state index in [4.69, 9.17) is 14.2 Å². The zero-order valence-electron chi connectivity index (χ0n) is 13.9. The zero-order valence-corrected chi connectivity index (χ0v) is 13.9. The van der Waals surface area contributed by atoms with Crippen molar-refractivity contribution in [3.63, 3.8) is 0 Å². The molecule has 2 rings (SSSR count). The van der Waals surface area contributed by atoms with E-state index in [1.54, 1.807) is 32.4 Å². The summed E-state index contributed by atoms with van der Waals surface area (Å²) in [6.45, 7) is 1.82. The van der Waals surface area contributed by atoms with Crippen molar-refractivity contribution in [2.45, 2.75) is 6.92 Å². The second kappa shape index (κ2) is 8.57. The molecule has 0 aliphatic rings. The Bertz CT molecular complexity index is 729. The lowest BCUT2D eigenvalue weighted by molar-refractivity contribution is -0.123. The van der Waals surface area contributed by atoms with Gasteiger partial charge in [0.15, 0.2) is 18.1 Å². The maximum Gasteiger partial charge on any atom is 0.277 e. The number of methoxy groups -OCH3 is 2. The molecule has 0 aliphatic carbocycles. The lowest BCUT2D eigenvalue weighted by atomic mass is 10.2. The van der Waals surface area contributed by atoms with Gasteiger partial charge in [-0.15, -0.1) is 0 Å². The Balaban J connectivity index is 1.87. The van der Waals surface area contributed by atoms with Crippen molar-refractivity contribution in [1.82, 2.24) is 5.43 Å². The number of hydrazone groups is 1. The number of amides is 1. The minimum Gasteiger partial charge on any atom is -0.493 e. The van der Waals surface area contributed by atoms with Gasteiger partial charge in [-0.1, -0.05) is 18.2 Å². The van der Waals surface area contributed by atoms with Crippen molar-refractivity contribution in [2.24, 2.45) is 5.10 Å². The van der Waals surface area contributed by atoms with Crippen molar-refractivity contribution < 1.29 is 19.0 Å². The van der Waals surface area contributed by atoms with Crippen LogP contribution < -0.4 is 19.6 Å². The molecular formula is C18H20N2O4. The minimum atomic E-state index is -0.338. The minimum absolute atomic E-state index is 0.103. The van der Waals surface area contributed by atoms with Gasteiger partial charge in [-0.05, 0) is 42.3 Å². The SMILES string of the molecule is COc1ccc(/C=N/NC(=O)COc2ccccc2C)cc1OC. The summed E-state index contributed by atoms with van der Waals surface area (Å²) in [6.07, 6.45) is 1.52. The highest BCUT2D eigenvalue weighted by Gasteiger charge is 2.04. The third kappa shape index (κ3) is 4.74. The number of para-hydroxylation sites is 1. The summed E-state index contributed by atoms with van der Waals surface area (Å²) >= 11 is 0. The Hall–Kier alpha value is -3.02. The first-order chi connectivity index (χ1) is 11.6. The number of rotatable bonds is 7. The third-order valence-electron chi connectivity index (χ3n) is 3.26. The summed E-state index contributed by atoms with van der Waals surface area (Å²) in [6, 6.07) is 12.8. The maximum absolute atomic E-state index is 11.7. The van der Waals surface area contributed by atoms with Crippen molar-refractivity contribution in [1.29, 1.82) is 0 Å². The summed E-state index contributed by atoms with van der Waals surface area (Å²) in [5.74, 6) is 1.56. The number of carbonyl (C=O) groups excluding carboxylic acids is 1. The molecule has 0 heterocycles. The van der Waals surface area contributed by atoms with Crippen LogP contribution in [0, 0.1) is 6.92 Å². The van der Waals surface area contributed by atoms with Gasteiger partial charge in [0, 0.05) is 0 Å². The molecule has 0 saturated heterocycles. The zero-order chi connectivity index (χ0) is 17.4. The molecule has 0 spiro atoms. The van der Waals surface area contributed by atoms with Crippen LogP contribution in [0.1, 0.15) is 11.1 Å². The molecule has 0 fully saturated rings. The van der Waals surface area contributed by atoms with Gasteiger partial charge in [0.25, 0.3) is 5.91 Å². The topological polar surface area (TPSA) is 69.2 Å². The highest BCUT2D eigenvalue weighted by molar-refractivity contribution is 5.83. The highest BCUT2D eigenvalue weighted by atomic mass is 16.5. The Morgan fingerprint density at radius 3 is 2.54 bits per heavy atom. The van der Waals surface area contributed by atoms with Crippen LogP contribution in [-0.2, 0) is 4.79 Å². The third-order valence-corrected chi connectivity index (χ3v) is 3.26. The standard InChI is InChI=1S/C18H20N2O4/c1-13-6-4-5-7-15(13)24-12-18(21)20-19-11-14-8-9-16(22-2)17(10-14)23-3/h4-11H,12H2,1-3H3,(H,20,21)/b19-11+. The van der Waals surface area contributed by atoms with E-state index < -0.39 is 0 Å². The van der Waals surface area contributed by atoms with E-state index in [1.807, 2.05) is 31.2 Å². The lowest BCUT2D eigenvalue weighted by Crippen LogP contribution is -2.24. The number of hydrogen-bond donors (Lipinski definition) is 1. The number of nitrogens with one attached hydrogen (secondary N) is 1. The molecule has 2 aromatic rings. The largest absolute Gasteiger partial charge is 0.493 e. The number of aryl methyl sites for hydroxylation is 1. The number of benzene rings is 2. The Morgan fingerprint density at radius 2 is 1.83 bits per heavy atom. The lowest BCUT2D eigenvalue weighted by Gasteiger charge is -2.08. The first kappa shape index (κ1) is 17.3. The van der Waals surface area contributed by atoms with Crippen molar-refractivity contribution in [3.05, 3.63) is 53.6 Å². The van der Waals surface area contributed by atoms with Gasteiger partial charge in [-0.3, -0.25) is 4.79 Å². The summed E-state index contributed by atoms with van der Waals surface area (Å²) < 4.78 is 15.8. The van der Waals surface area contributed by atoms with Gasteiger partial charge in [-0.2, -0.15) is 5.10 Å². The van der Waals surface area contributed by atoms with E-state index in [-0.39, 0.29) is 12.5 Å². The van der Waals surface area contributed by atoms with Crippen molar-refractivity contribution in [2.75, 3.05) is 20.8 Å². The first-order valence-electron chi connectivity index (χ1n) is 7.36. The fraction of sp³-hybridized carbons (Fsp3) is 0.222. The average Bonchev–Trinajstić information content (AvgIpc) is 2.61. The van der Waals surface area contributed by atoms with Crippen LogP contribution in [0.25, 0.3) is 0 Å². The van der Waals surface area contributed by atoms with E-state index in [9.17, 15) is 4.79 Å². The van der Waals surface area contributed by atoms with Gasteiger partial charge in [-0.25, -0.2) is 5.43 Å². The van der Waals surface area contributed by atoms with Gasteiger partial charge >= 0.3 is 0 Å². The molecule has 0 aromatic heterocycles. The van der Waals surface area contributed by atoms with Crippen LogP contribution in [0.4, 0.5) is 0 Å². The van der Waals surface area contributed by atoms with Gasteiger partial charge in [0.2, 0.25) is 0 Å². The van der Waals surface area contributed by atoms with Crippen LogP contribution in [-0.4, -0.2) is 32.9 Å². The van der Waals surface area contributed by atoms with Gasteiger partial charge in [0.1, 0.15) is 5.75 Å². The molecule has 126 valence electrons. The molecule has 1 amide bonds. The van der Waals surface area contributed by atoms with E-state index in [1.165, 1.54) is 6.21 Å². The second-order valence-electron chi connectivity index (χ2n) is 4.96. The molecule has 24 heavy (non-hydrogen) atoms. The Kier molecular flexibility index (Phi) is 6.19. The molecule has 0 saturated carbocycles. The molecule has 6 nitrogen and oxygen atoms in total. The quantitative estimate of drug-likeness (QED) is 0.626. The van der Waals surface area contributed by atoms with Gasteiger partial charge < -0.3 is 14.2 Å². The van der Waals surface area contributed by atoms with Crippen LogP contribution >= 0.6 is 0 Å². The molecular weight excluding hydrogens is 308 g/mol. The molecule has 0 bridgehead atoms. The molecule has 1 N–H and O–H groups in total. The van der Waals surface area contributed by atoms with Crippen molar-refractivity contribution >= 4 is 12.1 Å². The van der Waals surface area contributed by atoms with E-state index >= 15 is 0 Å². The summed E-state index contributed by atoms with van der Waals surface area (Å²) in [5.41, 5.74) is 4.16. The normalized spacial score (nSPS) is 10.5. The molecule has 0 unspecified atom stereocenters. The summed E-state index contributed by atoms with van der Waals surface area (Å²) in [5, 5.41) is 3.91. The van der Waals surface area contributed by atoms with Gasteiger partial charge in [0.05, 0.1) is 20.4 Å². The maximum atomic E-state index is 11.7. The summed E-state index contributed by atoms with van der Waals surface area (Å²) in [4.78, 5) is 11.7. The number of hydrogen-bond acceptors (Lipinski definition) is 5. The monoisotopic (exact) mass is 328 g/mol. The van der Waals surface area contributed by atoms with E-state index in [0.717, 1.165) is 11.1 Å². The van der Waals surface area contributed by atoms with E-state index in [2.05, 4.69) is 10.5 Å². The van der Waals surface area contributed by atoms with Crippen molar-refractivity contribution in [3.8, 4) is 17.2 Å². The predicted molar refractivity (Wildman–Crippen MR) is 92.0 cm³/mol. The molecule has 0 radical (unpaired) electrons. The second-order valence-corrected chi connectivity index (χ2v) is 4.96. The average molecular weight is 328 g/mol. The summed E-state index contributed by atoms with van der Waals surface area (Å²) in [7, 11) is 3.13. The fourth-order valence-electron chi connectivity index (χ4n) is 2.01. The Labute approximate surface area is 141 Å². The molecule has 2 aromatic carbocycles. The number of ether oxygens (including phenoxy) is 3. The Morgan fingerprint density at radius 1 is 1.08 bits per heavy atom. The predicted octanol–water partition coefficient (Wildman–Crippen LogP) is 2.54. The molecule has 0 aliphatic heterocycles. The smallest absolute Gasteiger partial charge is 0.277 e. The van der Waals surface area contributed by atoms with Crippen LogP contribution in [0.5, 0.6) is 17.2 Å². The highest BCUT2D eigenvalue weighted by Crippen LogP contribution is 2.26. The number of nitrogens with zero attached hydrogens (tertiary/aromatic N) is 1. The first-order valence-corrected chi connectivity index (χ1v) is 7.36. The van der Waals surface area contributed by atoms with Crippen LogP contribution in [0.2, 0.25) is 0 Å². The molecule has 0 atom stereocenters.